The number of aryl methyl sites for hydroxylation is 1. The lowest BCUT2D eigenvalue weighted by molar-refractivity contribution is -0.274. The molecule has 3 nitrogen and oxygen atoms in total. The van der Waals surface area contributed by atoms with Crippen LogP contribution in [-0.4, -0.2) is 6.36 Å². The van der Waals surface area contributed by atoms with Crippen LogP contribution in [0.15, 0.2) is 42.5 Å². The summed E-state index contributed by atoms with van der Waals surface area (Å²) in [4.78, 5) is 0. The van der Waals surface area contributed by atoms with E-state index < -0.39 is 6.36 Å². The molecule has 0 saturated carbocycles. The Morgan fingerprint density at radius 3 is 2.15 bits per heavy atom. The Morgan fingerprint density at radius 1 is 0.950 bits per heavy atom. The third-order valence-corrected chi connectivity index (χ3v) is 2.50. The van der Waals surface area contributed by atoms with Crippen molar-refractivity contribution in [3.8, 4) is 17.2 Å². The number of anilines is 1. The molecule has 0 aliphatic heterocycles. The first-order chi connectivity index (χ1) is 9.33. The molecule has 6 heteroatoms. The number of ether oxygens (including phenoxy) is 2. The van der Waals surface area contributed by atoms with Crippen molar-refractivity contribution in [2.75, 3.05) is 5.73 Å². The van der Waals surface area contributed by atoms with E-state index in [9.17, 15) is 13.2 Å². The zero-order chi connectivity index (χ0) is 14.8. The highest BCUT2D eigenvalue weighted by Crippen LogP contribution is 2.29. The molecule has 0 aliphatic carbocycles. The molecule has 0 aliphatic rings. The summed E-state index contributed by atoms with van der Waals surface area (Å²) in [5, 5.41) is 0. The summed E-state index contributed by atoms with van der Waals surface area (Å²) in [6, 6.07) is 10.3. The van der Waals surface area contributed by atoms with E-state index in [-0.39, 0.29) is 5.75 Å². The Labute approximate surface area is 113 Å². The molecule has 0 fully saturated rings. The molecule has 2 N–H and O–H groups in total. The van der Waals surface area contributed by atoms with Crippen molar-refractivity contribution < 1.29 is 22.6 Å². The lowest BCUT2D eigenvalue weighted by Gasteiger charge is -2.11. The summed E-state index contributed by atoms with van der Waals surface area (Å²) in [5.74, 6) is 0.650. The summed E-state index contributed by atoms with van der Waals surface area (Å²) >= 11 is 0. The summed E-state index contributed by atoms with van der Waals surface area (Å²) < 4.78 is 45.4. The van der Waals surface area contributed by atoms with Gasteiger partial charge < -0.3 is 15.2 Å². The van der Waals surface area contributed by atoms with Crippen molar-refractivity contribution in [2.45, 2.75) is 13.3 Å². The fraction of sp³-hybridized carbons (Fsp3) is 0.143. The maximum absolute atomic E-state index is 12.0. The van der Waals surface area contributed by atoms with Gasteiger partial charge in [-0.15, -0.1) is 13.2 Å². The van der Waals surface area contributed by atoms with Crippen LogP contribution in [0.2, 0.25) is 0 Å². The Morgan fingerprint density at radius 2 is 1.55 bits per heavy atom. The predicted molar refractivity (Wildman–Crippen MR) is 68.8 cm³/mol. The minimum absolute atomic E-state index is 0.297. The summed E-state index contributed by atoms with van der Waals surface area (Å²) in [5.41, 5.74) is 7.06. The van der Waals surface area contributed by atoms with Crippen LogP contribution in [0.4, 0.5) is 18.9 Å². The third-order valence-electron chi connectivity index (χ3n) is 2.50. The van der Waals surface area contributed by atoms with E-state index in [1.807, 2.05) is 6.92 Å². The molecular formula is C14H12F3NO2. The van der Waals surface area contributed by atoms with Crippen molar-refractivity contribution >= 4 is 5.69 Å². The van der Waals surface area contributed by atoms with Gasteiger partial charge in [0.25, 0.3) is 0 Å². The van der Waals surface area contributed by atoms with Gasteiger partial charge in [-0.1, -0.05) is 6.07 Å². The van der Waals surface area contributed by atoms with Crippen molar-refractivity contribution in [1.82, 2.24) is 0 Å². The van der Waals surface area contributed by atoms with Crippen LogP contribution >= 0.6 is 0 Å². The van der Waals surface area contributed by atoms with Crippen LogP contribution in [0, 0.1) is 6.92 Å². The molecule has 0 bridgehead atoms. The minimum Gasteiger partial charge on any atom is -0.457 e. The zero-order valence-corrected chi connectivity index (χ0v) is 10.6. The summed E-state index contributed by atoms with van der Waals surface area (Å²) in [6.45, 7) is 1.84. The van der Waals surface area contributed by atoms with E-state index in [0.29, 0.717) is 17.2 Å². The molecule has 0 spiro atoms. The molecule has 0 saturated heterocycles. The van der Waals surface area contributed by atoms with Gasteiger partial charge in [-0.05, 0) is 42.8 Å². The molecule has 20 heavy (non-hydrogen) atoms. The Kier molecular flexibility index (Phi) is 3.74. The van der Waals surface area contributed by atoms with E-state index in [4.69, 9.17) is 10.5 Å². The van der Waals surface area contributed by atoms with Gasteiger partial charge in [0.1, 0.15) is 17.2 Å². The van der Waals surface area contributed by atoms with Crippen LogP contribution in [0.3, 0.4) is 0 Å². The molecule has 0 unspecified atom stereocenters. The first kappa shape index (κ1) is 14.0. The first-order valence-electron chi connectivity index (χ1n) is 5.73. The van der Waals surface area contributed by atoms with Gasteiger partial charge in [-0.25, -0.2) is 0 Å². The molecule has 0 aromatic heterocycles. The molecule has 0 amide bonds. The predicted octanol–water partition coefficient (Wildman–Crippen LogP) is 4.27. The van der Waals surface area contributed by atoms with Crippen LogP contribution in [0.25, 0.3) is 0 Å². The largest absolute Gasteiger partial charge is 0.573 e. The molecule has 0 atom stereocenters. The molecule has 2 aromatic rings. The second kappa shape index (κ2) is 5.32. The summed E-state index contributed by atoms with van der Waals surface area (Å²) in [7, 11) is 0. The van der Waals surface area contributed by atoms with Gasteiger partial charge in [0.05, 0.1) is 0 Å². The van der Waals surface area contributed by atoms with E-state index in [2.05, 4.69) is 4.74 Å². The van der Waals surface area contributed by atoms with E-state index in [1.54, 1.807) is 18.2 Å². The molecular weight excluding hydrogens is 271 g/mol. The van der Waals surface area contributed by atoms with Crippen LogP contribution in [0.5, 0.6) is 17.2 Å². The number of hydrogen-bond acceptors (Lipinski definition) is 3. The molecule has 2 rings (SSSR count). The second-order valence-electron chi connectivity index (χ2n) is 4.15. The number of hydrogen-bond donors (Lipinski definition) is 1. The zero-order valence-electron chi connectivity index (χ0n) is 10.6. The van der Waals surface area contributed by atoms with Gasteiger partial charge in [0.15, 0.2) is 0 Å². The van der Waals surface area contributed by atoms with E-state index >= 15 is 0 Å². The fourth-order valence-corrected chi connectivity index (χ4v) is 1.56. The van der Waals surface area contributed by atoms with E-state index in [0.717, 1.165) is 5.56 Å². The maximum atomic E-state index is 12.0. The Bertz CT molecular complexity index is 594. The monoisotopic (exact) mass is 283 g/mol. The molecule has 0 heterocycles. The SMILES string of the molecule is Cc1ccc(N)cc1Oc1ccc(OC(F)(F)F)cc1. The third kappa shape index (κ3) is 3.81. The lowest BCUT2D eigenvalue weighted by Crippen LogP contribution is -2.16. The second-order valence-corrected chi connectivity index (χ2v) is 4.15. The van der Waals surface area contributed by atoms with Gasteiger partial charge in [0, 0.05) is 11.8 Å². The van der Waals surface area contributed by atoms with Gasteiger partial charge in [-0.2, -0.15) is 0 Å². The van der Waals surface area contributed by atoms with Crippen LogP contribution in [-0.2, 0) is 0 Å². The number of nitrogen functional groups attached to an aromatic ring is 1. The topological polar surface area (TPSA) is 44.5 Å². The summed E-state index contributed by atoms with van der Waals surface area (Å²) in [6.07, 6.45) is -4.70. The molecule has 2 aromatic carbocycles. The Hall–Kier alpha value is -2.37. The molecule has 0 radical (unpaired) electrons. The van der Waals surface area contributed by atoms with Crippen LogP contribution in [0.1, 0.15) is 5.56 Å². The van der Waals surface area contributed by atoms with Crippen molar-refractivity contribution in [3.05, 3.63) is 48.0 Å². The average molecular weight is 283 g/mol. The van der Waals surface area contributed by atoms with Gasteiger partial charge >= 0.3 is 6.36 Å². The Balaban J connectivity index is 2.13. The van der Waals surface area contributed by atoms with Gasteiger partial charge in [-0.3, -0.25) is 0 Å². The highest BCUT2D eigenvalue weighted by molar-refractivity contribution is 5.49. The number of halogens is 3. The fourth-order valence-electron chi connectivity index (χ4n) is 1.56. The standard InChI is InChI=1S/C14H12F3NO2/c1-9-2-3-10(18)8-13(9)19-11-4-6-12(7-5-11)20-14(15,16)17/h2-8H,18H2,1H3. The quantitative estimate of drug-likeness (QED) is 0.856. The number of benzene rings is 2. The van der Waals surface area contributed by atoms with Crippen molar-refractivity contribution in [2.24, 2.45) is 0 Å². The highest BCUT2D eigenvalue weighted by atomic mass is 19.4. The molecule has 106 valence electrons. The van der Waals surface area contributed by atoms with E-state index in [1.165, 1.54) is 24.3 Å². The number of alkyl halides is 3. The smallest absolute Gasteiger partial charge is 0.457 e. The minimum atomic E-state index is -4.70. The normalized spacial score (nSPS) is 11.2. The van der Waals surface area contributed by atoms with Crippen molar-refractivity contribution in [1.29, 1.82) is 0 Å². The number of nitrogens with two attached hydrogens (primary N) is 1. The van der Waals surface area contributed by atoms with Gasteiger partial charge in [0.2, 0.25) is 0 Å². The highest BCUT2D eigenvalue weighted by Gasteiger charge is 2.30. The number of rotatable bonds is 3. The van der Waals surface area contributed by atoms with Crippen molar-refractivity contribution in [3.63, 3.8) is 0 Å². The van der Waals surface area contributed by atoms with Crippen LogP contribution < -0.4 is 15.2 Å². The maximum Gasteiger partial charge on any atom is 0.573 e. The first-order valence-corrected chi connectivity index (χ1v) is 5.73. The lowest BCUT2D eigenvalue weighted by atomic mass is 10.2. The average Bonchev–Trinajstić information content (AvgIpc) is 2.34.